The minimum atomic E-state index is -0.129. The van der Waals surface area contributed by atoms with E-state index in [0.29, 0.717) is 37.8 Å². The molecule has 1 unspecified atom stereocenters. The quantitative estimate of drug-likeness (QED) is 0.862. The second-order valence-corrected chi connectivity index (χ2v) is 7.46. The van der Waals surface area contributed by atoms with Gasteiger partial charge in [-0.2, -0.15) is 0 Å². The predicted octanol–water partition coefficient (Wildman–Crippen LogP) is 1.58. The molecule has 8 heteroatoms. The fraction of sp³-hybridized carbons (Fsp3) is 0.500. The van der Waals surface area contributed by atoms with Crippen molar-refractivity contribution in [1.29, 1.82) is 0 Å². The van der Waals surface area contributed by atoms with Crippen molar-refractivity contribution in [1.82, 2.24) is 19.9 Å². The zero-order valence-electron chi connectivity index (χ0n) is 16.1. The molecule has 0 bridgehead atoms. The molecule has 1 fully saturated rings. The summed E-state index contributed by atoms with van der Waals surface area (Å²) in [6.07, 6.45) is 4.66. The molecule has 28 heavy (non-hydrogen) atoms. The fourth-order valence-electron chi connectivity index (χ4n) is 4.01. The first-order valence-corrected chi connectivity index (χ1v) is 9.78. The average Bonchev–Trinajstić information content (AvgIpc) is 3.12. The lowest BCUT2D eigenvalue weighted by Crippen LogP contribution is -2.51. The average molecular weight is 383 g/mol. The maximum Gasteiger partial charge on any atom is 0.239 e. The van der Waals surface area contributed by atoms with Crippen molar-refractivity contribution < 1.29 is 14.1 Å². The summed E-state index contributed by atoms with van der Waals surface area (Å²) >= 11 is 0. The SMILES string of the molecule is Cc1cc(NC(=O)CN2CCN(C(=O)C3CCCc4cccnc43)CC2)no1. The van der Waals surface area contributed by atoms with Gasteiger partial charge in [-0.05, 0) is 37.8 Å². The molecule has 4 rings (SSSR count). The lowest BCUT2D eigenvalue weighted by atomic mass is 9.85. The molecule has 8 nitrogen and oxygen atoms in total. The van der Waals surface area contributed by atoms with Crippen LogP contribution in [0, 0.1) is 6.92 Å². The monoisotopic (exact) mass is 383 g/mol. The van der Waals surface area contributed by atoms with Gasteiger partial charge in [0.2, 0.25) is 11.8 Å². The Morgan fingerprint density at radius 3 is 2.86 bits per heavy atom. The van der Waals surface area contributed by atoms with Crippen LogP contribution in [0.1, 0.15) is 35.8 Å². The van der Waals surface area contributed by atoms with E-state index < -0.39 is 0 Å². The number of carbonyl (C=O) groups is 2. The Hall–Kier alpha value is -2.74. The van der Waals surface area contributed by atoms with Crippen molar-refractivity contribution in [3.8, 4) is 0 Å². The Bertz CT molecular complexity index is 857. The highest BCUT2D eigenvalue weighted by Gasteiger charge is 2.32. The van der Waals surface area contributed by atoms with Gasteiger partial charge in [0.05, 0.1) is 18.2 Å². The molecule has 3 heterocycles. The van der Waals surface area contributed by atoms with Crippen LogP contribution in [0.15, 0.2) is 28.9 Å². The molecule has 1 aliphatic heterocycles. The highest BCUT2D eigenvalue weighted by molar-refractivity contribution is 5.91. The van der Waals surface area contributed by atoms with E-state index in [1.807, 2.05) is 11.0 Å². The van der Waals surface area contributed by atoms with Gasteiger partial charge in [0.1, 0.15) is 5.76 Å². The lowest BCUT2D eigenvalue weighted by molar-refractivity contribution is -0.135. The Kier molecular flexibility index (Phi) is 5.38. The zero-order valence-corrected chi connectivity index (χ0v) is 16.1. The van der Waals surface area contributed by atoms with E-state index in [0.717, 1.165) is 25.0 Å². The van der Waals surface area contributed by atoms with Gasteiger partial charge in [-0.25, -0.2) is 0 Å². The molecule has 2 aromatic rings. The number of nitrogens with one attached hydrogen (secondary N) is 1. The minimum Gasteiger partial charge on any atom is -0.360 e. The number of hydrogen-bond acceptors (Lipinski definition) is 6. The summed E-state index contributed by atoms with van der Waals surface area (Å²) in [6, 6.07) is 5.70. The van der Waals surface area contributed by atoms with Crippen molar-refractivity contribution in [3.05, 3.63) is 41.4 Å². The molecular weight excluding hydrogens is 358 g/mol. The second-order valence-electron chi connectivity index (χ2n) is 7.46. The van der Waals surface area contributed by atoms with Crippen molar-refractivity contribution >= 4 is 17.6 Å². The molecule has 1 atom stereocenters. The van der Waals surface area contributed by atoms with Crippen molar-refractivity contribution in [2.45, 2.75) is 32.1 Å². The smallest absolute Gasteiger partial charge is 0.239 e. The number of hydrogen-bond donors (Lipinski definition) is 1. The summed E-state index contributed by atoms with van der Waals surface area (Å²) in [6.45, 7) is 4.68. The number of amides is 2. The van der Waals surface area contributed by atoms with Crippen molar-refractivity contribution in [2.24, 2.45) is 0 Å². The largest absolute Gasteiger partial charge is 0.360 e. The van der Waals surface area contributed by atoms with Gasteiger partial charge in [-0.15, -0.1) is 0 Å². The number of anilines is 1. The summed E-state index contributed by atoms with van der Waals surface area (Å²) in [4.78, 5) is 33.7. The predicted molar refractivity (Wildman–Crippen MR) is 103 cm³/mol. The number of pyridine rings is 1. The third-order valence-electron chi connectivity index (χ3n) is 5.44. The first-order valence-electron chi connectivity index (χ1n) is 9.78. The zero-order chi connectivity index (χ0) is 19.5. The number of fused-ring (bicyclic) bond motifs is 1. The molecular formula is C20H25N5O3. The van der Waals surface area contributed by atoms with Crippen LogP contribution in [0.2, 0.25) is 0 Å². The molecule has 2 aliphatic rings. The normalized spacial score (nSPS) is 19.9. The topological polar surface area (TPSA) is 91.6 Å². The number of carbonyl (C=O) groups excluding carboxylic acids is 2. The Balaban J connectivity index is 1.29. The van der Waals surface area contributed by atoms with Gasteiger partial charge >= 0.3 is 0 Å². The summed E-state index contributed by atoms with van der Waals surface area (Å²) in [5.74, 6) is 0.997. The number of rotatable bonds is 4. The number of piperazine rings is 1. The Morgan fingerprint density at radius 2 is 2.11 bits per heavy atom. The van der Waals surface area contributed by atoms with Crippen LogP contribution in [0.5, 0.6) is 0 Å². The molecule has 2 aromatic heterocycles. The standard InChI is InChI=1S/C20H25N5O3/c1-14-12-17(23-28-14)22-18(26)13-24-8-10-25(11-9-24)20(27)16-6-2-4-15-5-3-7-21-19(15)16/h3,5,7,12,16H,2,4,6,8-11,13H2,1H3,(H,22,23,26). The second kappa shape index (κ2) is 8.10. The fourth-order valence-corrected chi connectivity index (χ4v) is 4.01. The first-order chi connectivity index (χ1) is 13.6. The van der Waals surface area contributed by atoms with Crippen LogP contribution in [0.25, 0.3) is 0 Å². The van der Waals surface area contributed by atoms with Crippen LogP contribution in [-0.2, 0) is 16.0 Å². The molecule has 0 radical (unpaired) electrons. The molecule has 2 amide bonds. The van der Waals surface area contributed by atoms with Crippen molar-refractivity contribution in [2.75, 3.05) is 38.0 Å². The number of aryl methyl sites for hydroxylation is 2. The summed E-state index contributed by atoms with van der Waals surface area (Å²) in [5.41, 5.74) is 2.15. The minimum absolute atomic E-state index is 0.126. The van der Waals surface area contributed by atoms with Gasteiger partial charge in [-0.3, -0.25) is 19.5 Å². The third kappa shape index (κ3) is 4.06. The Labute approximate surface area is 163 Å². The highest BCUT2D eigenvalue weighted by atomic mass is 16.5. The van der Waals surface area contributed by atoms with Crippen LogP contribution in [0.4, 0.5) is 5.82 Å². The molecule has 0 saturated carbocycles. The van der Waals surface area contributed by atoms with E-state index in [1.54, 1.807) is 19.2 Å². The molecule has 1 N–H and O–H groups in total. The van der Waals surface area contributed by atoms with E-state index in [2.05, 4.69) is 26.4 Å². The van der Waals surface area contributed by atoms with E-state index >= 15 is 0 Å². The van der Waals surface area contributed by atoms with Crippen LogP contribution < -0.4 is 5.32 Å². The number of nitrogens with zero attached hydrogens (tertiary/aromatic N) is 4. The van der Waals surface area contributed by atoms with Gasteiger partial charge in [-0.1, -0.05) is 11.2 Å². The van der Waals surface area contributed by atoms with Crippen LogP contribution in [0.3, 0.4) is 0 Å². The molecule has 148 valence electrons. The third-order valence-corrected chi connectivity index (χ3v) is 5.44. The van der Waals surface area contributed by atoms with Crippen LogP contribution >= 0.6 is 0 Å². The van der Waals surface area contributed by atoms with E-state index in [4.69, 9.17) is 4.52 Å². The van der Waals surface area contributed by atoms with Gasteiger partial charge in [0, 0.05) is 38.4 Å². The van der Waals surface area contributed by atoms with Gasteiger partial charge in [0.25, 0.3) is 0 Å². The first kappa shape index (κ1) is 18.6. The maximum atomic E-state index is 13.1. The summed E-state index contributed by atoms with van der Waals surface area (Å²) in [5, 5.41) is 6.50. The summed E-state index contributed by atoms with van der Waals surface area (Å²) < 4.78 is 4.95. The molecule has 0 aromatic carbocycles. The van der Waals surface area contributed by atoms with Crippen LogP contribution in [-0.4, -0.2) is 64.5 Å². The highest BCUT2D eigenvalue weighted by Crippen LogP contribution is 2.31. The summed E-state index contributed by atoms with van der Waals surface area (Å²) in [7, 11) is 0. The molecule has 0 spiro atoms. The van der Waals surface area contributed by atoms with Gasteiger partial charge < -0.3 is 14.7 Å². The van der Waals surface area contributed by atoms with E-state index in [-0.39, 0.29) is 24.3 Å². The lowest BCUT2D eigenvalue weighted by Gasteiger charge is -2.37. The van der Waals surface area contributed by atoms with Gasteiger partial charge in [0.15, 0.2) is 5.82 Å². The van der Waals surface area contributed by atoms with Crippen molar-refractivity contribution in [3.63, 3.8) is 0 Å². The number of aromatic nitrogens is 2. The molecule has 1 saturated heterocycles. The van der Waals surface area contributed by atoms with E-state index in [1.165, 1.54) is 5.56 Å². The Morgan fingerprint density at radius 1 is 1.29 bits per heavy atom. The maximum absolute atomic E-state index is 13.1. The van der Waals surface area contributed by atoms with E-state index in [9.17, 15) is 9.59 Å². The molecule has 1 aliphatic carbocycles.